The van der Waals surface area contributed by atoms with E-state index in [1.807, 2.05) is 24.3 Å². The molecule has 3 heterocycles. The highest BCUT2D eigenvalue weighted by Gasteiger charge is 2.16. The topological polar surface area (TPSA) is 118 Å². The Morgan fingerprint density at radius 1 is 1.19 bits per heavy atom. The van der Waals surface area contributed by atoms with Crippen molar-refractivity contribution in [3.63, 3.8) is 0 Å². The summed E-state index contributed by atoms with van der Waals surface area (Å²) in [5, 5.41) is 18.3. The number of nitrogens with zero attached hydrogens (tertiary/aromatic N) is 3. The zero-order valence-corrected chi connectivity index (χ0v) is 15.5. The number of imidazole rings is 1. The predicted octanol–water partition coefficient (Wildman–Crippen LogP) is 4.22. The molecule has 4 aromatic rings. The number of para-hydroxylation sites is 2. The summed E-state index contributed by atoms with van der Waals surface area (Å²) in [7, 11) is 0. The lowest BCUT2D eigenvalue weighted by Crippen LogP contribution is -1.96. The summed E-state index contributed by atoms with van der Waals surface area (Å²) in [5.74, 6) is -0.349. The van der Waals surface area contributed by atoms with Crippen LogP contribution in [0.3, 0.4) is 0 Å². The molecule has 136 valence electrons. The third kappa shape index (κ3) is 4.07. The number of carboxylic acids is 1. The molecule has 0 aliphatic rings. The molecule has 27 heavy (non-hydrogen) atoms. The van der Waals surface area contributed by atoms with Crippen LogP contribution in [0.1, 0.15) is 11.7 Å². The number of aliphatic carboxylic acids is 1. The summed E-state index contributed by atoms with van der Waals surface area (Å²) < 4.78 is 10.9. The first-order chi connectivity index (χ1) is 13.1. The number of carboxylic acid groups (broad SMARTS) is 1. The molecule has 2 N–H and O–H groups in total. The van der Waals surface area contributed by atoms with Crippen LogP contribution in [0.25, 0.3) is 17.1 Å². The Morgan fingerprint density at radius 2 is 2.04 bits per heavy atom. The first-order valence-electron chi connectivity index (χ1n) is 7.72. The van der Waals surface area contributed by atoms with Crippen molar-refractivity contribution in [2.75, 3.05) is 0 Å². The number of H-pyrrole nitrogens is 1. The average Bonchev–Trinajstić information content (AvgIpc) is 3.34. The van der Waals surface area contributed by atoms with Crippen LogP contribution in [0.15, 0.2) is 65.6 Å². The summed E-state index contributed by atoms with van der Waals surface area (Å²) in [6, 6.07) is 11.2. The van der Waals surface area contributed by atoms with Gasteiger partial charge in [0, 0.05) is 13.0 Å². The van der Waals surface area contributed by atoms with Gasteiger partial charge in [0.25, 0.3) is 5.22 Å². The summed E-state index contributed by atoms with van der Waals surface area (Å²) >= 11 is 2.18. The van der Waals surface area contributed by atoms with Crippen LogP contribution in [-0.4, -0.2) is 31.2 Å². The summed E-state index contributed by atoms with van der Waals surface area (Å²) in [6.45, 7) is 1.63. The number of carbonyl (C=O) groups is 1. The zero-order chi connectivity index (χ0) is 18.8. The molecule has 10 heteroatoms. The highest BCUT2D eigenvalue weighted by molar-refractivity contribution is 8.03. The standard InChI is InChI=1S/C17H12N4O4S2/c1-9-20-21-17(24-9)26-13(15(22)23)8-10-6-7-14(25-10)27-16-18-11-4-2-3-5-12(11)19-16/h2-8H,1H3,(H,18,19)(H,22,23)/b13-8-. The Balaban J connectivity index is 1.53. The number of rotatable bonds is 6. The molecule has 0 spiro atoms. The molecule has 8 nitrogen and oxygen atoms in total. The van der Waals surface area contributed by atoms with E-state index >= 15 is 0 Å². The molecule has 0 saturated carbocycles. The van der Waals surface area contributed by atoms with E-state index < -0.39 is 5.97 Å². The van der Waals surface area contributed by atoms with Gasteiger partial charge < -0.3 is 18.9 Å². The lowest BCUT2D eigenvalue weighted by molar-refractivity contribution is -0.131. The van der Waals surface area contributed by atoms with Crippen molar-refractivity contribution in [1.29, 1.82) is 0 Å². The number of furan rings is 1. The number of nitrogens with one attached hydrogen (secondary N) is 1. The zero-order valence-electron chi connectivity index (χ0n) is 13.9. The third-order valence-electron chi connectivity index (χ3n) is 3.36. The van der Waals surface area contributed by atoms with Gasteiger partial charge in [-0.25, -0.2) is 9.78 Å². The van der Waals surface area contributed by atoms with Gasteiger partial charge in [-0.1, -0.05) is 12.1 Å². The van der Waals surface area contributed by atoms with E-state index in [0.717, 1.165) is 22.8 Å². The SMILES string of the molecule is Cc1nnc(S/C(=C\c2ccc(Sc3nc4ccccc4[nH]3)o2)C(=O)O)o1. The third-order valence-corrected chi connectivity index (χ3v) is 5.02. The molecule has 0 amide bonds. The number of hydrogen-bond donors (Lipinski definition) is 2. The second kappa shape index (κ2) is 7.33. The van der Waals surface area contributed by atoms with Crippen molar-refractivity contribution in [2.45, 2.75) is 22.4 Å². The largest absolute Gasteiger partial charge is 0.477 e. The maximum Gasteiger partial charge on any atom is 0.342 e. The van der Waals surface area contributed by atoms with Crippen LogP contribution in [0.4, 0.5) is 0 Å². The van der Waals surface area contributed by atoms with Crippen LogP contribution < -0.4 is 0 Å². The van der Waals surface area contributed by atoms with Gasteiger partial charge in [-0.15, -0.1) is 10.2 Å². The van der Waals surface area contributed by atoms with Gasteiger partial charge in [-0.3, -0.25) is 0 Å². The number of hydrogen-bond acceptors (Lipinski definition) is 8. The minimum Gasteiger partial charge on any atom is -0.477 e. The molecule has 3 aromatic heterocycles. The Bertz CT molecular complexity index is 1110. The summed E-state index contributed by atoms with van der Waals surface area (Å²) in [5.41, 5.74) is 1.80. The molecule has 1 aromatic carbocycles. The average molecular weight is 400 g/mol. The normalized spacial score (nSPS) is 12.0. The highest BCUT2D eigenvalue weighted by Crippen LogP contribution is 2.31. The second-order valence-corrected chi connectivity index (χ2v) is 7.31. The van der Waals surface area contributed by atoms with E-state index in [1.165, 1.54) is 17.8 Å². The van der Waals surface area contributed by atoms with E-state index in [9.17, 15) is 9.90 Å². The molecule has 4 rings (SSSR count). The van der Waals surface area contributed by atoms with Crippen molar-refractivity contribution >= 4 is 46.6 Å². The molecule has 0 fully saturated rings. The van der Waals surface area contributed by atoms with E-state index in [4.69, 9.17) is 8.83 Å². The van der Waals surface area contributed by atoms with Crippen LogP contribution in [0, 0.1) is 6.92 Å². The van der Waals surface area contributed by atoms with Crippen molar-refractivity contribution in [2.24, 2.45) is 0 Å². The molecule has 0 aliphatic heterocycles. The summed E-state index contributed by atoms with van der Waals surface area (Å²) in [4.78, 5) is 19.1. The maximum absolute atomic E-state index is 11.5. The molecule has 0 aliphatic carbocycles. The maximum atomic E-state index is 11.5. The lowest BCUT2D eigenvalue weighted by Gasteiger charge is -1.97. The second-order valence-electron chi connectivity index (χ2n) is 5.32. The van der Waals surface area contributed by atoms with Crippen molar-refractivity contribution < 1.29 is 18.7 Å². The Hall–Kier alpha value is -2.98. The summed E-state index contributed by atoms with van der Waals surface area (Å²) in [6.07, 6.45) is 1.41. The minimum atomic E-state index is -1.11. The van der Waals surface area contributed by atoms with Gasteiger partial charge in [-0.2, -0.15) is 0 Å². The predicted molar refractivity (Wildman–Crippen MR) is 99.4 cm³/mol. The van der Waals surface area contributed by atoms with E-state index in [-0.39, 0.29) is 10.1 Å². The molecule has 0 saturated heterocycles. The molecular formula is C17H12N4O4S2. The van der Waals surface area contributed by atoms with Crippen molar-refractivity contribution in [3.8, 4) is 0 Å². The van der Waals surface area contributed by atoms with Gasteiger partial charge in [0.2, 0.25) is 5.89 Å². The molecule has 0 atom stereocenters. The van der Waals surface area contributed by atoms with Gasteiger partial charge in [0.05, 0.1) is 11.0 Å². The smallest absolute Gasteiger partial charge is 0.342 e. The minimum absolute atomic E-state index is 0.00767. The number of aromatic amines is 1. The first-order valence-corrected chi connectivity index (χ1v) is 9.35. The van der Waals surface area contributed by atoms with E-state index in [0.29, 0.717) is 21.9 Å². The molecule has 0 unspecified atom stereocenters. The van der Waals surface area contributed by atoms with Gasteiger partial charge >= 0.3 is 5.97 Å². The molecule has 0 radical (unpaired) electrons. The number of aromatic nitrogens is 4. The first kappa shape index (κ1) is 17.4. The van der Waals surface area contributed by atoms with Crippen LogP contribution >= 0.6 is 23.5 Å². The van der Waals surface area contributed by atoms with E-state index in [1.54, 1.807) is 19.1 Å². The van der Waals surface area contributed by atoms with Crippen LogP contribution in [0.2, 0.25) is 0 Å². The van der Waals surface area contributed by atoms with Crippen LogP contribution in [-0.2, 0) is 4.79 Å². The van der Waals surface area contributed by atoms with Gasteiger partial charge in [0.15, 0.2) is 10.2 Å². The number of benzene rings is 1. The number of thioether (sulfide) groups is 1. The fourth-order valence-electron chi connectivity index (χ4n) is 2.22. The van der Waals surface area contributed by atoms with E-state index in [2.05, 4.69) is 20.2 Å². The van der Waals surface area contributed by atoms with Crippen molar-refractivity contribution in [3.05, 3.63) is 53.0 Å². The number of aryl methyl sites for hydroxylation is 1. The Morgan fingerprint density at radius 3 is 2.78 bits per heavy atom. The Labute approximate surface area is 161 Å². The molecular weight excluding hydrogens is 388 g/mol. The van der Waals surface area contributed by atoms with Gasteiger partial charge in [0.1, 0.15) is 10.7 Å². The molecule has 0 bridgehead atoms. The number of fused-ring (bicyclic) bond motifs is 1. The lowest BCUT2D eigenvalue weighted by atomic mass is 10.3. The van der Waals surface area contributed by atoms with Gasteiger partial charge in [-0.05, 0) is 47.8 Å². The Kier molecular flexibility index (Phi) is 4.73. The van der Waals surface area contributed by atoms with Crippen LogP contribution in [0.5, 0.6) is 0 Å². The fourth-order valence-corrected chi connectivity index (χ4v) is 3.68. The monoisotopic (exact) mass is 400 g/mol. The fraction of sp³-hybridized carbons (Fsp3) is 0.0588. The highest BCUT2D eigenvalue weighted by atomic mass is 32.2. The van der Waals surface area contributed by atoms with Crippen molar-refractivity contribution in [1.82, 2.24) is 20.2 Å². The quantitative estimate of drug-likeness (QED) is 0.362.